The monoisotopic (exact) mass is 286 g/mol. The molecule has 0 bridgehead atoms. The Morgan fingerprint density at radius 1 is 0.824 bits per heavy atom. The van der Waals surface area contributed by atoms with Crippen molar-refractivity contribution in [3.05, 3.63) is 64.1 Å². The molecule has 0 aromatic heterocycles. The molecule has 0 saturated carbocycles. The van der Waals surface area contributed by atoms with Gasteiger partial charge in [-0.05, 0) is 48.5 Å². The standard InChI is InChI=1S/C15H11BrO/c1-17-15-10-6-13(7-11-15)3-2-12-4-8-14(16)9-5-12/h4-11H,1H3. The van der Waals surface area contributed by atoms with Crippen LogP contribution in [0.25, 0.3) is 0 Å². The smallest absolute Gasteiger partial charge is 0.118 e. The summed E-state index contributed by atoms with van der Waals surface area (Å²) in [6.45, 7) is 0. The van der Waals surface area contributed by atoms with E-state index in [1.807, 2.05) is 48.5 Å². The average Bonchev–Trinajstić information content (AvgIpc) is 2.39. The van der Waals surface area contributed by atoms with E-state index in [1.54, 1.807) is 7.11 Å². The SMILES string of the molecule is COc1ccc(C#Cc2ccc(Br)cc2)cc1. The van der Waals surface area contributed by atoms with Crippen molar-refractivity contribution >= 4 is 15.9 Å². The lowest BCUT2D eigenvalue weighted by atomic mass is 10.2. The molecule has 17 heavy (non-hydrogen) atoms. The maximum atomic E-state index is 5.09. The van der Waals surface area contributed by atoms with Gasteiger partial charge in [-0.2, -0.15) is 0 Å². The predicted octanol–water partition coefficient (Wildman–Crippen LogP) is 3.86. The highest BCUT2D eigenvalue weighted by atomic mass is 79.9. The number of halogens is 1. The first-order chi connectivity index (χ1) is 8.28. The number of methoxy groups -OCH3 is 1. The Hall–Kier alpha value is -1.72. The van der Waals surface area contributed by atoms with E-state index < -0.39 is 0 Å². The maximum absolute atomic E-state index is 5.09. The Labute approximate surface area is 110 Å². The van der Waals surface area contributed by atoms with Crippen molar-refractivity contribution in [1.82, 2.24) is 0 Å². The van der Waals surface area contributed by atoms with Crippen molar-refractivity contribution in [2.75, 3.05) is 7.11 Å². The van der Waals surface area contributed by atoms with Crippen molar-refractivity contribution in [2.24, 2.45) is 0 Å². The normalized spacial score (nSPS) is 9.29. The summed E-state index contributed by atoms with van der Waals surface area (Å²) in [5.41, 5.74) is 1.98. The second-order valence-electron chi connectivity index (χ2n) is 3.49. The van der Waals surface area contributed by atoms with Crippen molar-refractivity contribution in [3.63, 3.8) is 0 Å². The van der Waals surface area contributed by atoms with Gasteiger partial charge in [-0.1, -0.05) is 27.8 Å². The van der Waals surface area contributed by atoms with E-state index >= 15 is 0 Å². The van der Waals surface area contributed by atoms with Crippen LogP contribution in [-0.4, -0.2) is 7.11 Å². The predicted molar refractivity (Wildman–Crippen MR) is 73.1 cm³/mol. The molecule has 2 rings (SSSR count). The molecule has 0 fully saturated rings. The second kappa shape index (κ2) is 5.56. The molecular weight excluding hydrogens is 276 g/mol. The number of rotatable bonds is 1. The molecule has 2 aromatic rings. The highest BCUT2D eigenvalue weighted by molar-refractivity contribution is 9.10. The fraction of sp³-hybridized carbons (Fsp3) is 0.0667. The van der Waals surface area contributed by atoms with E-state index in [2.05, 4.69) is 27.8 Å². The lowest BCUT2D eigenvalue weighted by Crippen LogP contribution is -1.82. The fourth-order valence-electron chi connectivity index (χ4n) is 1.35. The first-order valence-corrected chi connectivity index (χ1v) is 5.99. The van der Waals surface area contributed by atoms with Crippen LogP contribution >= 0.6 is 15.9 Å². The van der Waals surface area contributed by atoms with Crippen LogP contribution in [0.5, 0.6) is 5.75 Å². The summed E-state index contributed by atoms with van der Waals surface area (Å²) in [7, 11) is 1.66. The number of benzene rings is 2. The number of ether oxygens (including phenoxy) is 1. The molecule has 0 unspecified atom stereocenters. The molecule has 84 valence electrons. The van der Waals surface area contributed by atoms with Crippen molar-refractivity contribution < 1.29 is 4.74 Å². The molecule has 0 spiro atoms. The highest BCUT2D eigenvalue weighted by Crippen LogP contribution is 2.11. The van der Waals surface area contributed by atoms with E-state index in [0.29, 0.717) is 0 Å². The maximum Gasteiger partial charge on any atom is 0.118 e. The van der Waals surface area contributed by atoms with Crippen LogP contribution in [0.2, 0.25) is 0 Å². The van der Waals surface area contributed by atoms with E-state index in [9.17, 15) is 0 Å². The highest BCUT2D eigenvalue weighted by Gasteiger charge is 1.90. The zero-order valence-corrected chi connectivity index (χ0v) is 11.0. The Balaban J connectivity index is 2.17. The third kappa shape index (κ3) is 3.37. The summed E-state index contributed by atoms with van der Waals surface area (Å²) >= 11 is 3.40. The van der Waals surface area contributed by atoms with Gasteiger partial charge in [-0.3, -0.25) is 0 Å². The molecule has 0 heterocycles. The zero-order chi connectivity index (χ0) is 12.1. The van der Waals surface area contributed by atoms with Crippen molar-refractivity contribution in [2.45, 2.75) is 0 Å². The van der Waals surface area contributed by atoms with Crippen LogP contribution < -0.4 is 4.74 Å². The third-order valence-electron chi connectivity index (χ3n) is 2.29. The van der Waals surface area contributed by atoms with Crippen LogP contribution in [0.1, 0.15) is 11.1 Å². The minimum absolute atomic E-state index is 0.846. The van der Waals surface area contributed by atoms with Gasteiger partial charge in [-0.25, -0.2) is 0 Å². The lowest BCUT2D eigenvalue weighted by molar-refractivity contribution is 0.415. The van der Waals surface area contributed by atoms with Crippen molar-refractivity contribution in [1.29, 1.82) is 0 Å². The molecule has 0 aliphatic rings. The summed E-state index contributed by atoms with van der Waals surface area (Å²) in [4.78, 5) is 0. The molecule has 0 radical (unpaired) electrons. The quantitative estimate of drug-likeness (QED) is 0.724. The van der Waals surface area contributed by atoms with E-state index in [1.165, 1.54) is 0 Å². The number of hydrogen-bond acceptors (Lipinski definition) is 1. The summed E-state index contributed by atoms with van der Waals surface area (Å²) in [6, 6.07) is 15.7. The molecular formula is C15H11BrO. The molecule has 2 heteroatoms. The molecule has 1 nitrogen and oxygen atoms in total. The van der Waals surface area contributed by atoms with Gasteiger partial charge in [-0.15, -0.1) is 0 Å². The largest absolute Gasteiger partial charge is 0.497 e. The molecule has 0 atom stereocenters. The number of hydrogen-bond donors (Lipinski definition) is 0. The van der Waals surface area contributed by atoms with E-state index in [4.69, 9.17) is 4.74 Å². The second-order valence-corrected chi connectivity index (χ2v) is 4.40. The summed E-state index contributed by atoms with van der Waals surface area (Å²) < 4.78 is 6.15. The van der Waals surface area contributed by atoms with E-state index in [-0.39, 0.29) is 0 Å². The third-order valence-corrected chi connectivity index (χ3v) is 2.81. The fourth-order valence-corrected chi connectivity index (χ4v) is 1.62. The Morgan fingerprint density at radius 2 is 1.29 bits per heavy atom. The Bertz CT molecular complexity index is 544. The van der Waals surface area contributed by atoms with Gasteiger partial charge in [0.05, 0.1) is 7.11 Å². The molecule has 2 aromatic carbocycles. The van der Waals surface area contributed by atoms with Gasteiger partial charge < -0.3 is 4.74 Å². The van der Waals surface area contributed by atoms with Crippen molar-refractivity contribution in [3.8, 4) is 17.6 Å². The lowest BCUT2D eigenvalue weighted by Gasteiger charge is -1.97. The molecule has 0 aliphatic carbocycles. The summed E-state index contributed by atoms with van der Waals surface area (Å²) in [6.07, 6.45) is 0. The molecule has 0 saturated heterocycles. The van der Waals surface area contributed by atoms with Crippen LogP contribution in [0.4, 0.5) is 0 Å². The summed E-state index contributed by atoms with van der Waals surface area (Å²) in [5.74, 6) is 7.07. The van der Waals surface area contributed by atoms with Gasteiger partial charge >= 0.3 is 0 Å². The first kappa shape index (κ1) is 11.8. The molecule has 0 aliphatic heterocycles. The molecule has 0 N–H and O–H groups in total. The van der Waals surface area contributed by atoms with Gasteiger partial charge in [0.2, 0.25) is 0 Å². The van der Waals surface area contributed by atoms with E-state index in [0.717, 1.165) is 21.3 Å². The minimum Gasteiger partial charge on any atom is -0.497 e. The summed E-state index contributed by atoms with van der Waals surface area (Å²) in [5, 5.41) is 0. The van der Waals surface area contributed by atoms with Crippen LogP contribution in [0, 0.1) is 11.8 Å². The van der Waals surface area contributed by atoms with Crippen LogP contribution in [-0.2, 0) is 0 Å². The van der Waals surface area contributed by atoms with Gasteiger partial charge in [0.1, 0.15) is 5.75 Å². The zero-order valence-electron chi connectivity index (χ0n) is 9.41. The minimum atomic E-state index is 0.846. The Kier molecular flexibility index (Phi) is 3.85. The van der Waals surface area contributed by atoms with Crippen LogP contribution in [0.15, 0.2) is 53.0 Å². The van der Waals surface area contributed by atoms with Gasteiger partial charge in [0.15, 0.2) is 0 Å². The topological polar surface area (TPSA) is 9.23 Å². The van der Waals surface area contributed by atoms with Crippen LogP contribution in [0.3, 0.4) is 0 Å². The molecule has 0 amide bonds. The Morgan fingerprint density at radius 3 is 1.76 bits per heavy atom. The average molecular weight is 287 g/mol. The van der Waals surface area contributed by atoms with Gasteiger partial charge in [0, 0.05) is 15.6 Å². The first-order valence-electron chi connectivity index (χ1n) is 5.19. The van der Waals surface area contributed by atoms with Gasteiger partial charge in [0.25, 0.3) is 0 Å².